The molecule has 0 bridgehead atoms. The number of amidine groups is 1. The molecule has 1 aromatic carbocycles. The molecule has 1 aliphatic carbocycles. The molecule has 2 amide bonds. The summed E-state index contributed by atoms with van der Waals surface area (Å²) in [7, 11) is 0. The van der Waals surface area contributed by atoms with Crippen molar-refractivity contribution in [3.05, 3.63) is 34.9 Å². The smallest absolute Gasteiger partial charge is 0.293 e. The van der Waals surface area contributed by atoms with Gasteiger partial charge in [0.25, 0.3) is 5.91 Å². The molecule has 1 aromatic rings. The number of benzene rings is 1. The van der Waals surface area contributed by atoms with Gasteiger partial charge in [0.15, 0.2) is 0 Å². The number of primary amides is 1. The predicted molar refractivity (Wildman–Crippen MR) is 112 cm³/mol. The Balaban J connectivity index is 2.24. The van der Waals surface area contributed by atoms with Crippen molar-refractivity contribution in [2.75, 3.05) is 6.54 Å². The Hall–Kier alpha value is -2.83. The number of hydrogen-bond acceptors (Lipinski definition) is 4. The minimum Gasteiger partial charge on any atom is -0.383 e. The molecule has 5 N–H and O–H groups in total. The second-order valence-corrected chi connectivity index (χ2v) is 8.01. The maximum Gasteiger partial charge on any atom is 0.293 e. The summed E-state index contributed by atoms with van der Waals surface area (Å²) in [5.74, 6) is -1.47. The maximum absolute atomic E-state index is 12.6. The van der Waals surface area contributed by atoms with Gasteiger partial charge in [-0.2, -0.15) is 4.99 Å². The van der Waals surface area contributed by atoms with Crippen molar-refractivity contribution in [2.45, 2.75) is 47.0 Å². The van der Waals surface area contributed by atoms with Crippen molar-refractivity contribution in [1.29, 1.82) is 5.41 Å². The zero-order valence-corrected chi connectivity index (χ0v) is 17.0. The molecule has 1 aliphatic rings. The zero-order valence-electron chi connectivity index (χ0n) is 17.0. The molecule has 150 valence electrons. The van der Waals surface area contributed by atoms with Crippen LogP contribution in [0.4, 0.5) is 0 Å². The summed E-state index contributed by atoms with van der Waals surface area (Å²) in [6, 6.07) is 4.75. The van der Waals surface area contributed by atoms with Crippen LogP contribution < -0.4 is 11.5 Å². The second-order valence-electron chi connectivity index (χ2n) is 8.01. The number of nitrogens with one attached hydrogen (secondary N) is 1. The van der Waals surface area contributed by atoms with E-state index in [1.165, 1.54) is 6.07 Å². The van der Waals surface area contributed by atoms with Crippen molar-refractivity contribution >= 4 is 29.1 Å². The van der Waals surface area contributed by atoms with E-state index in [9.17, 15) is 9.59 Å². The number of carbonyl (C=O) groups excluding carboxylic acids is 2. The molecule has 0 spiro atoms. The molecule has 0 aromatic heterocycles. The standard InChI is InChI=1S/C21H29N5O2/c1-5-25-16-11-21(3,4)9-8-15(16)17(22)20(28)26-18(23)14-7-6-13(19(24)27)10-12(14)2/h6-7,10,15,22H,5,8-9,11H2,1-4H3,(H2,24,27)(H2,23,26,28). The van der Waals surface area contributed by atoms with Crippen molar-refractivity contribution in [3.8, 4) is 0 Å². The van der Waals surface area contributed by atoms with Crippen molar-refractivity contribution in [3.63, 3.8) is 0 Å². The number of aliphatic imine (C=N–C) groups is 2. The fraction of sp³-hybridized carbons (Fsp3) is 0.476. The number of rotatable bonds is 5. The number of nitrogens with two attached hydrogens (primary N) is 2. The van der Waals surface area contributed by atoms with E-state index in [4.69, 9.17) is 16.9 Å². The van der Waals surface area contributed by atoms with E-state index in [1.807, 2.05) is 6.92 Å². The third-order valence-corrected chi connectivity index (χ3v) is 5.12. The van der Waals surface area contributed by atoms with Crippen LogP contribution in [0.15, 0.2) is 28.2 Å². The molecular formula is C21H29N5O2. The van der Waals surface area contributed by atoms with E-state index in [0.717, 1.165) is 18.6 Å². The average Bonchev–Trinajstić information content (AvgIpc) is 2.60. The van der Waals surface area contributed by atoms with Gasteiger partial charge in [-0.25, -0.2) is 0 Å². The van der Waals surface area contributed by atoms with E-state index in [2.05, 4.69) is 23.8 Å². The lowest BCUT2D eigenvalue weighted by Crippen LogP contribution is -2.37. The topological polar surface area (TPSA) is 135 Å². The lowest BCUT2D eigenvalue weighted by Gasteiger charge is -2.35. The van der Waals surface area contributed by atoms with E-state index < -0.39 is 11.8 Å². The van der Waals surface area contributed by atoms with Gasteiger partial charge in [0, 0.05) is 29.3 Å². The number of nitrogens with zero attached hydrogens (tertiary/aromatic N) is 2. The van der Waals surface area contributed by atoms with Crippen molar-refractivity contribution in [1.82, 2.24) is 0 Å². The predicted octanol–water partition coefficient (Wildman–Crippen LogP) is 2.63. The molecule has 1 atom stereocenters. The zero-order chi connectivity index (χ0) is 21.1. The van der Waals surface area contributed by atoms with Crippen LogP contribution >= 0.6 is 0 Å². The van der Waals surface area contributed by atoms with Gasteiger partial charge >= 0.3 is 0 Å². The Kier molecular flexibility index (Phi) is 6.48. The first-order valence-corrected chi connectivity index (χ1v) is 9.46. The Morgan fingerprint density at radius 1 is 1.29 bits per heavy atom. The SMILES string of the molecule is CCN=C1CC(C)(C)CCC1C(=N)C(=O)N=C(N)c1ccc(C(N)=O)cc1C. The molecule has 0 heterocycles. The van der Waals surface area contributed by atoms with Crippen LogP contribution in [0.1, 0.15) is 61.5 Å². The molecule has 0 radical (unpaired) electrons. The molecule has 0 saturated heterocycles. The first-order valence-electron chi connectivity index (χ1n) is 9.46. The first-order chi connectivity index (χ1) is 13.1. The summed E-state index contributed by atoms with van der Waals surface area (Å²) in [5.41, 5.74) is 13.8. The highest BCUT2D eigenvalue weighted by Gasteiger charge is 2.36. The second kappa shape index (κ2) is 8.46. The largest absolute Gasteiger partial charge is 0.383 e. The van der Waals surface area contributed by atoms with Gasteiger partial charge in [-0.05, 0) is 56.2 Å². The van der Waals surface area contributed by atoms with E-state index in [-0.39, 0.29) is 22.9 Å². The summed E-state index contributed by atoms with van der Waals surface area (Å²) in [4.78, 5) is 32.4. The summed E-state index contributed by atoms with van der Waals surface area (Å²) in [6.45, 7) is 8.68. The fourth-order valence-corrected chi connectivity index (χ4v) is 3.57. The lowest BCUT2D eigenvalue weighted by atomic mass is 9.70. The average molecular weight is 383 g/mol. The molecule has 1 unspecified atom stereocenters. The maximum atomic E-state index is 12.6. The van der Waals surface area contributed by atoms with Crippen LogP contribution in [0, 0.1) is 23.7 Å². The third-order valence-electron chi connectivity index (χ3n) is 5.12. The van der Waals surface area contributed by atoms with Crippen LogP contribution in [0.5, 0.6) is 0 Å². The van der Waals surface area contributed by atoms with Crippen molar-refractivity contribution in [2.24, 2.45) is 32.8 Å². The quantitative estimate of drug-likeness (QED) is 0.533. The molecule has 0 aliphatic heterocycles. The van der Waals surface area contributed by atoms with Crippen LogP contribution in [0.2, 0.25) is 0 Å². The van der Waals surface area contributed by atoms with Gasteiger partial charge < -0.3 is 11.5 Å². The summed E-state index contributed by atoms with van der Waals surface area (Å²) >= 11 is 0. The van der Waals surface area contributed by atoms with Gasteiger partial charge in [-0.3, -0.25) is 20.0 Å². The monoisotopic (exact) mass is 383 g/mol. The van der Waals surface area contributed by atoms with Gasteiger partial charge in [-0.1, -0.05) is 19.9 Å². The minimum absolute atomic E-state index is 0.0217. The van der Waals surface area contributed by atoms with Crippen LogP contribution in [0.25, 0.3) is 0 Å². The van der Waals surface area contributed by atoms with Crippen LogP contribution in [-0.2, 0) is 4.79 Å². The van der Waals surface area contributed by atoms with Gasteiger partial charge in [-0.15, -0.1) is 0 Å². The number of hydrogen-bond donors (Lipinski definition) is 3. The highest BCUT2D eigenvalue weighted by molar-refractivity contribution is 6.44. The number of aryl methyl sites for hydroxylation is 1. The van der Waals surface area contributed by atoms with Gasteiger partial charge in [0.1, 0.15) is 11.5 Å². The normalized spacial score (nSPS) is 20.8. The van der Waals surface area contributed by atoms with Crippen LogP contribution in [-0.4, -0.2) is 35.6 Å². The summed E-state index contributed by atoms with van der Waals surface area (Å²) in [5, 5.41) is 8.37. The lowest BCUT2D eigenvalue weighted by molar-refractivity contribution is -0.112. The fourth-order valence-electron chi connectivity index (χ4n) is 3.57. The van der Waals surface area contributed by atoms with E-state index in [1.54, 1.807) is 19.1 Å². The molecule has 28 heavy (non-hydrogen) atoms. The first kappa shape index (κ1) is 21.5. The molecule has 7 heteroatoms. The Bertz CT molecular complexity index is 868. The molecule has 1 fully saturated rings. The molecule has 1 saturated carbocycles. The van der Waals surface area contributed by atoms with Crippen LogP contribution in [0.3, 0.4) is 0 Å². The Morgan fingerprint density at radius 3 is 2.54 bits per heavy atom. The molecular weight excluding hydrogens is 354 g/mol. The highest BCUT2D eigenvalue weighted by atomic mass is 16.1. The Morgan fingerprint density at radius 2 is 1.96 bits per heavy atom. The molecule has 7 nitrogen and oxygen atoms in total. The van der Waals surface area contributed by atoms with E-state index in [0.29, 0.717) is 29.7 Å². The minimum atomic E-state index is -0.649. The highest BCUT2D eigenvalue weighted by Crippen LogP contribution is 2.37. The third kappa shape index (κ3) is 4.91. The summed E-state index contributed by atoms with van der Waals surface area (Å²) in [6.07, 6.45) is 2.40. The Labute approximate surface area is 165 Å². The summed E-state index contributed by atoms with van der Waals surface area (Å²) < 4.78 is 0. The van der Waals surface area contributed by atoms with Gasteiger partial charge in [0.05, 0.1) is 0 Å². The van der Waals surface area contributed by atoms with Gasteiger partial charge in [0.2, 0.25) is 5.91 Å². The molecule has 2 rings (SSSR count). The number of amides is 2. The number of carbonyl (C=O) groups is 2. The van der Waals surface area contributed by atoms with E-state index >= 15 is 0 Å². The van der Waals surface area contributed by atoms with Crippen molar-refractivity contribution < 1.29 is 9.59 Å².